The van der Waals surface area contributed by atoms with E-state index in [0.717, 1.165) is 36.5 Å². The molecule has 1 aromatic heterocycles. The molecule has 2 aromatic carbocycles. The third-order valence-electron chi connectivity index (χ3n) is 4.54. The minimum absolute atomic E-state index is 0.0854. The Morgan fingerprint density at radius 2 is 1.84 bits per heavy atom. The fourth-order valence-electron chi connectivity index (χ4n) is 3.23. The molecule has 1 aliphatic heterocycles. The maximum Gasteiger partial charge on any atom is 0.280 e. The molecule has 1 aliphatic rings. The van der Waals surface area contributed by atoms with E-state index in [1.807, 2.05) is 48.3 Å². The molecule has 5 nitrogen and oxygen atoms in total. The van der Waals surface area contributed by atoms with Crippen molar-refractivity contribution in [2.75, 3.05) is 11.6 Å². The zero-order valence-electron chi connectivity index (χ0n) is 14.1. The Kier molecular flexibility index (Phi) is 3.98. The van der Waals surface area contributed by atoms with Crippen LogP contribution in [-0.4, -0.2) is 22.5 Å². The number of anilines is 1. The fraction of sp³-hybridized carbons (Fsp3) is 0.200. The van der Waals surface area contributed by atoms with Crippen LogP contribution in [-0.2, 0) is 6.42 Å². The zero-order valence-corrected chi connectivity index (χ0v) is 14.1. The van der Waals surface area contributed by atoms with Crippen LogP contribution in [0.1, 0.15) is 23.2 Å². The molecule has 1 N–H and O–H groups in total. The predicted molar refractivity (Wildman–Crippen MR) is 101 cm³/mol. The Balaban J connectivity index is 1.67. The smallest absolute Gasteiger partial charge is 0.280 e. The molecular weight excluding hydrogens is 312 g/mol. The second-order valence-electron chi connectivity index (χ2n) is 6.23. The van der Waals surface area contributed by atoms with Gasteiger partial charge in [0.2, 0.25) is 0 Å². The standard InChI is InChI=1S/C20H20N4O/c1-15-18(20(25)24(22-15)17-10-3-2-4-11-17)14-21-23-13-7-9-16-8-5-6-12-19(16)23/h2-6,8,10-12,14,22H,7,9,13H2,1H3. The Morgan fingerprint density at radius 3 is 2.68 bits per heavy atom. The van der Waals surface area contributed by atoms with Crippen molar-refractivity contribution >= 4 is 11.9 Å². The van der Waals surface area contributed by atoms with E-state index in [4.69, 9.17) is 0 Å². The first-order chi connectivity index (χ1) is 12.2. The molecule has 0 bridgehead atoms. The van der Waals surface area contributed by atoms with Gasteiger partial charge in [-0.2, -0.15) is 5.10 Å². The van der Waals surface area contributed by atoms with Gasteiger partial charge in [0.15, 0.2) is 0 Å². The van der Waals surface area contributed by atoms with Crippen LogP contribution in [0.5, 0.6) is 0 Å². The minimum atomic E-state index is -0.0854. The van der Waals surface area contributed by atoms with Crippen molar-refractivity contribution in [3.05, 3.63) is 81.8 Å². The van der Waals surface area contributed by atoms with Crippen molar-refractivity contribution in [2.45, 2.75) is 19.8 Å². The van der Waals surface area contributed by atoms with Crippen LogP contribution in [0.25, 0.3) is 5.69 Å². The molecule has 4 rings (SSSR count). The number of benzene rings is 2. The van der Waals surface area contributed by atoms with Gasteiger partial charge in [0.1, 0.15) is 0 Å². The SMILES string of the molecule is Cc1[nH]n(-c2ccccc2)c(=O)c1C=NN1CCCc2ccccc21. The van der Waals surface area contributed by atoms with E-state index in [-0.39, 0.29) is 5.56 Å². The average molecular weight is 332 g/mol. The molecule has 0 amide bonds. The van der Waals surface area contributed by atoms with E-state index >= 15 is 0 Å². The molecular formula is C20H20N4O. The Bertz CT molecular complexity index is 969. The molecule has 3 aromatic rings. The van der Waals surface area contributed by atoms with Gasteiger partial charge in [-0.3, -0.25) is 14.9 Å². The lowest BCUT2D eigenvalue weighted by Gasteiger charge is -2.26. The summed E-state index contributed by atoms with van der Waals surface area (Å²) >= 11 is 0. The van der Waals surface area contributed by atoms with Gasteiger partial charge in [0, 0.05) is 12.2 Å². The number of nitrogens with one attached hydrogen (secondary N) is 1. The van der Waals surface area contributed by atoms with Crippen molar-refractivity contribution in [2.24, 2.45) is 5.10 Å². The van der Waals surface area contributed by atoms with Crippen LogP contribution in [0.3, 0.4) is 0 Å². The quantitative estimate of drug-likeness (QED) is 0.749. The Hall–Kier alpha value is -3.08. The summed E-state index contributed by atoms with van der Waals surface area (Å²) in [5, 5.41) is 9.71. The summed E-state index contributed by atoms with van der Waals surface area (Å²) < 4.78 is 1.56. The second-order valence-corrected chi connectivity index (χ2v) is 6.23. The van der Waals surface area contributed by atoms with Gasteiger partial charge in [-0.05, 0) is 43.5 Å². The van der Waals surface area contributed by atoms with Crippen LogP contribution >= 0.6 is 0 Å². The maximum absolute atomic E-state index is 12.7. The summed E-state index contributed by atoms with van der Waals surface area (Å²) in [5.74, 6) is 0. The lowest BCUT2D eigenvalue weighted by atomic mass is 10.0. The first-order valence-corrected chi connectivity index (χ1v) is 8.50. The summed E-state index contributed by atoms with van der Waals surface area (Å²) in [6.45, 7) is 2.76. The Labute approximate surface area is 146 Å². The molecule has 126 valence electrons. The molecule has 0 fully saturated rings. The highest BCUT2D eigenvalue weighted by atomic mass is 16.1. The largest absolute Gasteiger partial charge is 0.295 e. The third kappa shape index (κ3) is 2.89. The number of para-hydroxylation sites is 2. The van der Waals surface area contributed by atoms with Crippen molar-refractivity contribution in [1.82, 2.24) is 9.78 Å². The number of hydrogen-bond donors (Lipinski definition) is 1. The van der Waals surface area contributed by atoms with Crippen molar-refractivity contribution in [3.8, 4) is 5.69 Å². The molecule has 0 unspecified atom stereocenters. The van der Waals surface area contributed by atoms with E-state index in [1.165, 1.54) is 5.56 Å². The van der Waals surface area contributed by atoms with Gasteiger partial charge in [-0.1, -0.05) is 36.4 Å². The third-order valence-corrected chi connectivity index (χ3v) is 4.54. The van der Waals surface area contributed by atoms with Gasteiger partial charge in [0.05, 0.1) is 23.2 Å². The number of nitrogens with zero attached hydrogens (tertiary/aromatic N) is 3. The van der Waals surface area contributed by atoms with Gasteiger partial charge in [-0.15, -0.1) is 0 Å². The van der Waals surface area contributed by atoms with E-state index in [9.17, 15) is 4.79 Å². The summed E-state index contributed by atoms with van der Waals surface area (Å²) in [6, 6.07) is 17.9. The van der Waals surface area contributed by atoms with Crippen molar-refractivity contribution in [1.29, 1.82) is 0 Å². The summed E-state index contributed by atoms with van der Waals surface area (Å²) in [4.78, 5) is 12.7. The van der Waals surface area contributed by atoms with Crippen LogP contribution in [0.4, 0.5) is 5.69 Å². The van der Waals surface area contributed by atoms with E-state index < -0.39 is 0 Å². The summed E-state index contributed by atoms with van der Waals surface area (Å²) in [5.41, 5.74) is 4.56. The van der Waals surface area contributed by atoms with Crippen molar-refractivity contribution < 1.29 is 0 Å². The molecule has 0 spiro atoms. The summed E-state index contributed by atoms with van der Waals surface area (Å²) in [7, 11) is 0. The van der Waals surface area contributed by atoms with Gasteiger partial charge < -0.3 is 0 Å². The predicted octanol–water partition coefficient (Wildman–Crippen LogP) is 3.26. The number of rotatable bonds is 3. The minimum Gasteiger partial charge on any atom is -0.295 e. The van der Waals surface area contributed by atoms with Crippen molar-refractivity contribution in [3.63, 3.8) is 0 Å². The van der Waals surface area contributed by atoms with Crippen LogP contribution in [0.15, 0.2) is 64.5 Å². The molecule has 5 heteroatoms. The monoisotopic (exact) mass is 332 g/mol. The first-order valence-electron chi connectivity index (χ1n) is 8.50. The highest BCUT2D eigenvalue weighted by Gasteiger charge is 2.16. The normalized spacial score (nSPS) is 14.0. The number of fused-ring (bicyclic) bond motifs is 1. The molecule has 0 saturated carbocycles. The van der Waals surface area contributed by atoms with Gasteiger partial charge >= 0.3 is 0 Å². The van der Waals surface area contributed by atoms with Crippen LogP contribution in [0.2, 0.25) is 0 Å². The number of H-pyrrole nitrogens is 1. The topological polar surface area (TPSA) is 53.4 Å². The van der Waals surface area contributed by atoms with E-state index in [0.29, 0.717) is 5.56 Å². The van der Waals surface area contributed by atoms with Gasteiger partial charge in [0.25, 0.3) is 5.56 Å². The maximum atomic E-state index is 12.7. The van der Waals surface area contributed by atoms with E-state index in [2.05, 4.69) is 28.4 Å². The number of hydrogen-bond acceptors (Lipinski definition) is 3. The average Bonchev–Trinajstić information content (AvgIpc) is 2.94. The molecule has 0 radical (unpaired) electrons. The molecule has 0 aliphatic carbocycles. The highest BCUT2D eigenvalue weighted by molar-refractivity contribution is 5.81. The number of aromatic amines is 1. The molecule has 0 atom stereocenters. The first kappa shape index (κ1) is 15.4. The summed E-state index contributed by atoms with van der Waals surface area (Å²) in [6.07, 6.45) is 3.82. The molecule has 25 heavy (non-hydrogen) atoms. The Morgan fingerprint density at radius 1 is 1.08 bits per heavy atom. The molecule has 2 heterocycles. The fourth-order valence-corrected chi connectivity index (χ4v) is 3.23. The van der Waals surface area contributed by atoms with Gasteiger partial charge in [-0.25, -0.2) is 4.68 Å². The zero-order chi connectivity index (χ0) is 17.2. The second kappa shape index (κ2) is 6.43. The van der Waals surface area contributed by atoms with Crippen LogP contribution in [0, 0.1) is 6.92 Å². The van der Waals surface area contributed by atoms with Crippen LogP contribution < -0.4 is 10.6 Å². The number of hydrazone groups is 1. The lowest BCUT2D eigenvalue weighted by molar-refractivity contribution is 0.717. The molecule has 0 saturated heterocycles. The number of aryl methyl sites for hydroxylation is 2. The highest BCUT2D eigenvalue weighted by Crippen LogP contribution is 2.26. The van der Waals surface area contributed by atoms with E-state index in [1.54, 1.807) is 10.9 Å². The number of aromatic nitrogens is 2. The lowest BCUT2D eigenvalue weighted by Crippen LogP contribution is -2.25.